The lowest BCUT2D eigenvalue weighted by Gasteiger charge is -2.44. The van der Waals surface area contributed by atoms with Crippen molar-refractivity contribution in [3.63, 3.8) is 0 Å². The average Bonchev–Trinajstić information content (AvgIpc) is 2.54. The Bertz CT molecular complexity index is 765. The Hall–Kier alpha value is -2.76. The van der Waals surface area contributed by atoms with E-state index in [1.807, 2.05) is 0 Å². The Morgan fingerprint density at radius 3 is 2.29 bits per heavy atom. The highest BCUT2D eigenvalue weighted by molar-refractivity contribution is 5.89. The van der Waals surface area contributed by atoms with Gasteiger partial charge in [-0.2, -0.15) is 0 Å². The maximum Gasteiger partial charge on any atom is 0.338 e. The van der Waals surface area contributed by atoms with Crippen LogP contribution in [0.15, 0.2) is 48.5 Å². The van der Waals surface area contributed by atoms with Crippen LogP contribution in [0.4, 0.5) is 10.1 Å². The molecule has 2 aromatic carbocycles. The fourth-order valence-electron chi connectivity index (χ4n) is 3.06. The van der Waals surface area contributed by atoms with E-state index in [0.29, 0.717) is 12.8 Å². The van der Waals surface area contributed by atoms with Crippen molar-refractivity contribution in [1.82, 2.24) is 0 Å². The first kappa shape index (κ1) is 16.1. The second-order valence-corrected chi connectivity index (χ2v) is 6.31. The third-order valence-corrected chi connectivity index (χ3v) is 4.49. The maximum atomic E-state index is 13.0. The van der Waals surface area contributed by atoms with Gasteiger partial charge in [0.15, 0.2) is 0 Å². The third-order valence-electron chi connectivity index (χ3n) is 4.49. The molecule has 5 nitrogen and oxygen atoms in total. The summed E-state index contributed by atoms with van der Waals surface area (Å²) >= 11 is 0. The Morgan fingerprint density at radius 1 is 1.17 bits per heavy atom. The molecule has 1 aliphatic carbocycles. The molecule has 24 heavy (non-hydrogen) atoms. The molecular formula is C18H16FNO4. The second-order valence-electron chi connectivity index (χ2n) is 6.31. The Morgan fingerprint density at radius 2 is 1.75 bits per heavy atom. The number of carbonyl (C=O) groups is 1. The zero-order valence-corrected chi connectivity index (χ0v) is 13.1. The van der Waals surface area contributed by atoms with Crippen molar-refractivity contribution >= 4 is 11.7 Å². The van der Waals surface area contributed by atoms with Gasteiger partial charge in [-0.15, -0.1) is 0 Å². The zero-order chi connectivity index (χ0) is 17.3. The summed E-state index contributed by atoms with van der Waals surface area (Å²) < 4.78 is 18.4. The van der Waals surface area contributed by atoms with Gasteiger partial charge in [0.1, 0.15) is 11.9 Å². The van der Waals surface area contributed by atoms with Crippen molar-refractivity contribution in [3.05, 3.63) is 75.6 Å². The number of nitro benzene ring substituents is 1. The number of benzene rings is 2. The summed E-state index contributed by atoms with van der Waals surface area (Å²) in [6.07, 6.45) is 1.12. The molecule has 0 unspecified atom stereocenters. The zero-order valence-electron chi connectivity index (χ0n) is 13.1. The van der Waals surface area contributed by atoms with Crippen molar-refractivity contribution in [2.45, 2.75) is 31.3 Å². The van der Waals surface area contributed by atoms with Crippen molar-refractivity contribution in [2.24, 2.45) is 0 Å². The first-order valence-electron chi connectivity index (χ1n) is 7.59. The molecule has 0 bridgehead atoms. The summed E-state index contributed by atoms with van der Waals surface area (Å²) in [5.41, 5.74) is 1.11. The standard InChI is InChI=1S/C18H16FNO4/c1-18(13-4-6-14(19)7-5-13)10-16(11-18)24-17(21)12-2-8-15(9-3-12)20(22)23/h2-9,16H,10-11H2,1H3. The molecular weight excluding hydrogens is 313 g/mol. The predicted octanol–water partition coefficient (Wildman–Crippen LogP) is 4.01. The highest BCUT2D eigenvalue weighted by Gasteiger charge is 2.43. The Kier molecular flexibility index (Phi) is 4.05. The van der Waals surface area contributed by atoms with Crippen LogP contribution in [0.2, 0.25) is 0 Å². The van der Waals surface area contributed by atoms with Crippen LogP contribution in [0.3, 0.4) is 0 Å². The number of esters is 1. The summed E-state index contributed by atoms with van der Waals surface area (Å²) in [6, 6.07) is 11.7. The van der Waals surface area contributed by atoms with Gasteiger partial charge < -0.3 is 4.74 Å². The number of hydrogen-bond donors (Lipinski definition) is 0. The monoisotopic (exact) mass is 329 g/mol. The molecule has 0 atom stereocenters. The average molecular weight is 329 g/mol. The summed E-state index contributed by atoms with van der Waals surface area (Å²) in [6.45, 7) is 2.05. The fourth-order valence-corrected chi connectivity index (χ4v) is 3.06. The number of non-ortho nitro benzene ring substituents is 1. The van der Waals surface area contributed by atoms with E-state index >= 15 is 0 Å². The molecule has 0 N–H and O–H groups in total. The van der Waals surface area contributed by atoms with Gasteiger partial charge in [-0.1, -0.05) is 19.1 Å². The number of ether oxygens (including phenoxy) is 1. The van der Waals surface area contributed by atoms with Crippen LogP contribution in [0.5, 0.6) is 0 Å². The van der Waals surface area contributed by atoms with Crippen molar-refractivity contribution in [2.75, 3.05) is 0 Å². The molecule has 0 aromatic heterocycles. The number of nitro groups is 1. The summed E-state index contributed by atoms with van der Waals surface area (Å²) in [5, 5.41) is 10.6. The van der Waals surface area contributed by atoms with Gasteiger partial charge in [-0.05, 0) is 48.1 Å². The molecule has 0 radical (unpaired) electrons. The van der Waals surface area contributed by atoms with Crippen LogP contribution in [-0.2, 0) is 10.2 Å². The number of rotatable bonds is 4. The second kappa shape index (κ2) is 6.03. The molecule has 3 rings (SSSR count). The Labute approximate surface area is 138 Å². The molecule has 1 aliphatic rings. The quantitative estimate of drug-likeness (QED) is 0.483. The van der Waals surface area contributed by atoms with Gasteiger partial charge in [-0.3, -0.25) is 10.1 Å². The van der Waals surface area contributed by atoms with Crippen LogP contribution < -0.4 is 0 Å². The summed E-state index contributed by atoms with van der Waals surface area (Å²) in [7, 11) is 0. The van der Waals surface area contributed by atoms with Crippen molar-refractivity contribution < 1.29 is 18.8 Å². The van der Waals surface area contributed by atoms with Crippen LogP contribution >= 0.6 is 0 Å². The first-order chi connectivity index (χ1) is 11.4. The smallest absolute Gasteiger partial charge is 0.338 e. The van der Waals surface area contributed by atoms with E-state index < -0.39 is 10.9 Å². The van der Waals surface area contributed by atoms with E-state index in [1.54, 1.807) is 12.1 Å². The van der Waals surface area contributed by atoms with Gasteiger partial charge in [0.25, 0.3) is 5.69 Å². The van der Waals surface area contributed by atoms with Gasteiger partial charge in [0.2, 0.25) is 0 Å². The molecule has 124 valence electrons. The van der Waals surface area contributed by atoms with Gasteiger partial charge in [0.05, 0.1) is 10.5 Å². The lowest BCUT2D eigenvalue weighted by molar-refractivity contribution is -0.384. The minimum absolute atomic E-state index is 0.0703. The normalized spacial score (nSPS) is 22.5. The number of carbonyl (C=O) groups excluding carboxylic acids is 1. The molecule has 0 aliphatic heterocycles. The number of hydrogen-bond acceptors (Lipinski definition) is 4. The molecule has 0 amide bonds. The fraction of sp³-hybridized carbons (Fsp3) is 0.278. The molecule has 0 saturated heterocycles. The van der Waals surface area contributed by atoms with Crippen molar-refractivity contribution in [1.29, 1.82) is 0 Å². The van der Waals surface area contributed by atoms with Gasteiger partial charge >= 0.3 is 5.97 Å². The van der Waals surface area contributed by atoms with E-state index in [4.69, 9.17) is 4.74 Å². The van der Waals surface area contributed by atoms with E-state index in [9.17, 15) is 19.3 Å². The molecule has 1 fully saturated rings. The van der Waals surface area contributed by atoms with E-state index in [2.05, 4.69) is 6.92 Å². The molecule has 6 heteroatoms. The molecule has 1 saturated carbocycles. The maximum absolute atomic E-state index is 13.0. The molecule has 2 aromatic rings. The third kappa shape index (κ3) is 3.13. The van der Waals surface area contributed by atoms with Crippen LogP contribution in [0, 0.1) is 15.9 Å². The lowest BCUT2D eigenvalue weighted by atomic mass is 9.64. The van der Waals surface area contributed by atoms with Gasteiger partial charge in [0, 0.05) is 12.1 Å². The van der Waals surface area contributed by atoms with Crippen molar-refractivity contribution in [3.8, 4) is 0 Å². The largest absolute Gasteiger partial charge is 0.459 e. The van der Waals surface area contributed by atoms with Gasteiger partial charge in [-0.25, -0.2) is 9.18 Å². The van der Waals surface area contributed by atoms with E-state index in [0.717, 1.165) is 5.56 Å². The highest BCUT2D eigenvalue weighted by Crippen LogP contribution is 2.45. The Balaban J connectivity index is 1.59. The lowest BCUT2D eigenvalue weighted by Crippen LogP contribution is -2.44. The molecule has 0 spiro atoms. The minimum Gasteiger partial charge on any atom is -0.459 e. The van der Waals surface area contributed by atoms with E-state index in [-0.39, 0.29) is 28.6 Å². The summed E-state index contributed by atoms with van der Waals surface area (Å²) in [4.78, 5) is 22.2. The SMILES string of the molecule is CC1(c2ccc(F)cc2)CC(OC(=O)c2ccc([N+](=O)[O-])cc2)C1. The molecule has 0 heterocycles. The van der Waals surface area contributed by atoms with Crippen LogP contribution in [0.1, 0.15) is 35.7 Å². The predicted molar refractivity (Wildman–Crippen MR) is 85.3 cm³/mol. The van der Waals surface area contributed by atoms with Crippen LogP contribution in [0.25, 0.3) is 0 Å². The highest BCUT2D eigenvalue weighted by atomic mass is 19.1. The first-order valence-corrected chi connectivity index (χ1v) is 7.59. The van der Waals surface area contributed by atoms with E-state index in [1.165, 1.54) is 36.4 Å². The number of halogens is 1. The summed E-state index contributed by atoms with van der Waals surface area (Å²) in [5.74, 6) is -0.765. The number of nitrogens with zero attached hydrogens (tertiary/aromatic N) is 1. The topological polar surface area (TPSA) is 69.4 Å². The minimum atomic E-state index is -0.519. The van der Waals surface area contributed by atoms with Crippen LogP contribution in [-0.4, -0.2) is 17.0 Å².